The van der Waals surface area contributed by atoms with Crippen LogP contribution in [0.25, 0.3) is 10.2 Å². The molecule has 0 unspecified atom stereocenters. The lowest BCUT2D eigenvalue weighted by molar-refractivity contribution is -0.119. The Balaban J connectivity index is 1.61. The number of carbonyl (C=O) groups excluding carboxylic acids is 1. The van der Waals surface area contributed by atoms with Crippen LogP contribution >= 0.6 is 11.3 Å². The van der Waals surface area contributed by atoms with Crippen LogP contribution in [0.3, 0.4) is 0 Å². The Bertz CT molecular complexity index is 1060. The number of carbonyl (C=O) groups is 1. The first-order chi connectivity index (χ1) is 16.0. The van der Waals surface area contributed by atoms with E-state index in [1.165, 1.54) is 11.3 Å². The average Bonchev–Trinajstić information content (AvgIpc) is 3.39. The Hall–Kier alpha value is -2.69. The molecule has 10 heteroatoms. The molecule has 9 nitrogen and oxygen atoms in total. The highest BCUT2D eigenvalue weighted by Crippen LogP contribution is 2.40. The van der Waals surface area contributed by atoms with E-state index in [1.807, 2.05) is 32.0 Å². The zero-order valence-electron chi connectivity index (χ0n) is 19.7. The number of aromatic nitrogens is 3. The van der Waals surface area contributed by atoms with Gasteiger partial charge in [0.15, 0.2) is 5.13 Å². The quantitative estimate of drug-likeness (QED) is 0.473. The molecule has 3 aromatic rings. The third-order valence-electron chi connectivity index (χ3n) is 5.78. The van der Waals surface area contributed by atoms with E-state index in [1.54, 1.807) is 23.8 Å². The summed E-state index contributed by atoms with van der Waals surface area (Å²) in [5, 5.41) is 5.11. The number of rotatable bonds is 9. The first-order valence-corrected chi connectivity index (χ1v) is 11.9. The highest BCUT2D eigenvalue weighted by atomic mass is 32.1. The normalized spacial score (nSPS) is 14.5. The van der Waals surface area contributed by atoms with Gasteiger partial charge in [-0.05, 0) is 38.5 Å². The van der Waals surface area contributed by atoms with E-state index in [-0.39, 0.29) is 12.5 Å². The predicted molar refractivity (Wildman–Crippen MR) is 129 cm³/mol. The maximum absolute atomic E-state index is 13.5. The molecule has 0 radical (unpaired) electrons. The van der Waals surface area contributed by atoms with Crippen LogP contribution in [0.15, 0.2) is 18.2 Å². The van der Waals surface area contributed by atoms with Gasteiger partial charge in [-0.15, -0.1) is 0 Å². The maximum atomic E-state index is 13.5. The fourth-order valence-corrected chi connectivity index (χ4v) is 5.16. The highest BCUT2D eigenvalue weighted by Gasteiger charge is 2.24. The third-order valence-corrected chi connectivity index (χ3v) is 6.87. The van der Waals surface area contributed by atoms with Gasteiger partial charge in [0.05, 0.1) is 33.1 Å². The van der Waals surface area contributed by atoms with Crippen molar-refractivity contribution in [3.63, 3.8) is 0 Å². The van der Waals surface area contributed by atoms with Gasteiger partial charge in [0, 0.05) is 31.9 Å². The second kappa shape index (κ2) is 10.5. The van der Waals surface area contributed by atoms with Crippen molar-refractivity contribution in [2.45, 2.75) is 26.8 Å². The monoisotopic (exact) mass is 473 g/mol. The SMILES string of the molecule is COc1ccc(OC)c2sc(N(CCCN3CCOCC3)C(=O)Cn3nc(C)cc3C)nc12. The summed E-state index contributed by atoms with van der Waals surface area (Å²) in [6.07, 6.45) is 0.840. The highest BCUT2D eigenvalue weighted by molar-refractivity contribution is 7.22. The number of aryl methyl sites for hydroxylation is 2. The minimum absolute atomic E-state index is 0.0415. The molecule has 0 atom stereocenters. The molecule has 0 N–H and O–H groups in total. The number of thiazole rings is 1. The molecule has 1 amide bonds. The van der Waals surface area contributed by atoms with Crippen LogP contribution in [0.2, 0.25) is 0 Å². The third kappa shape index (κ3) is 5.29. The summed E-state index contributed by atoms with van der Waals surface area (Å²) in [6.45, 7) is 8.91. The summed E-state index contributed by atoms with van der Waals surface area (Å²) >= 11 is 1.45. The summed E-state index contributed by atoms with van der Waals surface area (Å²) in [6, 6.07) is 5.68. The minimum atomic E-state index is -0.0415. The number of fused-ring (bicyclic) bond motifs is 1. The van der Waals surface area contributed by atoms with Crippen LogP contribution in [0.5, 0.6) is 11.5 Å². The molecule has 0 aliphatic carbocycles. The zero-order valence-corrected chi connectivity index (χ0v) is 20.5. The number of methoxy groups -OCH3 is 2. The Labute approximate surface area is 197 Å². The van der Waals surface area contributed by atoms with Gasteiger partial charge in [-0.3, -0.25) is 19.3 Å². The molecule has 1 fully saturated rings. The number of hydrogen-bond donors (Lipinski definition) is 0. The first-order valence-electron chi connectivity index (χ1n) is 11.1. The van der Waals surface area contributed by atoms with Gasteiger partial charge in [-0.1, -0.05) is 11.3 Å². The molecule has 3 heterocycles. The molecular weight excluding hydrogens is 442 g/mol. The number of morpholine rings is 1. The number of anilines is 1. The standard InChI is InChI=1S/C23H31N5O4S/c1-16-14-17(2)28(25-16)15-20(29)27(9-5-8-26-10-12-32-13-11-26)23-24-21-18(30-3)6-7-19(31-4)22(21)33-23/h6-7,14H,5,8-13,15H2,1-4H3. The predicted octanol–water partition coefficient (Wildman–Crippen LogP) is 2.88. The van der Waals surface area contributed by atoms with Gasteiger partial charge in [0.2, 0.25) is 0 Å². The summed E-state index contributed by atoms with van der Waals surface area (Å²) in [5.74, 6) is 1.33. The molecule has 4 rings (SSSR count). The lowest BCUT2D eigenvalue weighted by Crippen LogP contribution is -2.40. The average molecular weight is 474 g/mol. The van der Waals surface area contributed by atoms with Crippen LogP contribution in [-0.2, 0) is 16.1 Å². The topological polar surface area (TPSA) is 82.0 Å². The van der Waals surface area contributed by atoms with Gasteiger partial charge in [-0.25, -0.2) is 4.98 Å². The summed E-state index contributed by atoms with van der Waals surface area (Å²) < 4.78 is 19.1. The molecule has 1 aliphatic rings. The van der Waals surface area contributed by atoms with Crippen LogP contribution in [-0.4, -0.2) is 79.2 Å². The Morgan fingerprint density at radius 1 is 1.18 bits per heavy atom. The number of hydrogen-bond acceptors (Lipinski definition) is 8. The molecule has 1 saturated heterocycles. The van der Waals surface area contributed by atoms with E-state index in [2.05, 4.69) is 10.00 Å². The molecule has 0 spiro atoms. The van der Waals surface area contributed by atoms with Gasteiger partial charge < -0.3 is 14.2 Å². The first kappa shape index (κ1) is 23.5. The molecule has 0 bridgehead atoms. The summed E-state index contributed by atoms with van der Waals surface area (Å²) in [4.78, 5) is 22.4. The van der Waals surface area contributed by atoms with Crippen molar-refractivity contribution in [1.82, 2.24) is 19.7 Å². The van der Waals surface area contributed by atoms with Crippen molar-refractivity contribution in [3.05, 3.63) is 29.6 Å². The largest absolute Gasteiger partial charge is 0.495 e. The Morgan fingerprint density at radius 3 is 2.58 bits per heavy atom. The number of ether oxygens (including phenoxy) is 3. The van der Waals surface area contributed by atoms with Crippen molar-refractivity contribution in [3.8, 4) is 11.5 Å². The molecule has 33 heavy (non-hydrogen) atoms. The summed E-state index contributed by atoms with van der Waals surface area (Å²) in [7, 11) is 3.25. The van der Waals surface area contributed by atoms with Crippen LogP contribution in [0, 0.1) is 13.8 Å². The maximum Gasteiger partial charge on any atom is 0.250 e. The zero-order chi connectivity index (χ0) is 23.4. The number of amides is 1. The van der Waals surface area contributed by atoms with Gasteiger partial charge in [0.25, 0.3) is 5.91 Å². The molecule has 2 aromatic heterocycles. The van der Waals surface area contributed by atoms with Gasteiger partial charge >= 0.3 is 0 Å². The van der Waals surface area contributed by atoms with Crippen molar-refractivity contribution in [2.24, 2.45) is 0 Å². The Kier molecular flexibility index (Phi) is 7.46. The fourth-order valence-electron chi connectivity index (χ4n) is 4.04. The molecular formula is C23H31N5O4S. The van der Waals surface area contributed by atoms with E-state index in [9.17, 15) is 4.79 Å². The van der Waals surface area contributed by atoms with Gasteiger partial charge in [0.1, 0.15) is 28.3 Å². The molecule has 1 aliphatic heterocycles. The van der Waals surface area contributed by atoms with E-state index in [0.29, 0.717) is 28.7 Å². The second-order valence-corrected chi connectivity index (χ2v) is 9.06. The second-order valence-electron chi connectivity index (χ2n) is 8.08. The van der Waals surface area contributed by atoms with Crippen LogP contribution in [0.1, 0.15) is 17.8 Å². The van der Waals surface area contributed by atoms with Crippen molar-refractivity contribution in [1.29, 1.82) is 0 Å². The van der Waals surface area contributed by atoms with Crippen molar-refractivity contribution in [2.75, 3.05) is 58.5 Å². The molecule has 1 aromatic carbocycles. The summed E-state index contributed by atoms with van der Waals surface area (Å²) in [5.41, 5.74) is 2.56. The Morgan fingerprint density at radius 2 is 1.91 bits per heavy atom. The van der Waals surface area contributed by atoms with Gasteiger partial charge in [-0.2, -0.15) is 5.10 Å². The lowest BCUT2D eigenvalue weighted by Gasteiger charge is -2.27. The fraction of sp³-hybridized carbons (Fsp3) is 0.522. The minimum Gasteiger partial charge on any atom is -0.495 e. The van der Waals surface area contributed by atoms with E-state index in [0.717, 1.165) is 55.4 Å². The number of benzene rings is 1. The lowest BCUT2D eigenvalue weighted by atomic mass is 10.3. The number of nitrogens with zero attached hydrogens (tertiary/aromatic N) is 5. The molecule has 178 valence electrons. The smallest absolute Gasteiger partial charge is 0.250 e. The van der Waals surface area contributed by atoms with E-state index < -0.39 is 0 Å². The van der Waals surface area contributed by atoms with Crippen molar-refractivity contribution >= 4 is 32.6 Å². The van der Waals surface area contributed by atoms with E-state index in [4.69, 9.17) is 19.2 Å². The van der Waals surface area contributed by atoms with Crippen LogP contribution in [0.4, 0.5) is 5.13 Å². The molecule has 0 saturated carbocycles. The van der Waals surface area contributed by atoms with Crippen LogP contribution < -0.4 is 14.4 Å². The van der Waals surface area contributed by atoms with Crippen molar-refractivity contribution < 1.29 is 19.0 Å². The van der Waals surface area contributed by atoms with E-state index >= 15 is 0 Å².